The number of sulfonamides is 1. The van der Waals surface area contributed by atoms with Gasteiger partial charge in [0.15, 0.2) is 0 Å². The summed E-state index contributed by atoms with van der Waals surface area (Å²) in [5.41, 5.74) is 1.80. The molecule has 0 atom stereocenters. The van der Waals surface area contributed by atoms with E-state index in [0.29, 0.717) is 6.54 Å². The number of hydrogen-bond donors (Lipinski definition) is 2. The van der Waals surface area contributed by atoms with Gasteiger partial charge >= 0.3 is 0 Å². The molecule has 1 heterocycles. The van der Waals surface area contributed by atoms with Crippen LogP contribution >= 0.6 is 11.3 Å². The van der Waals surface area contributed by atoms with Crippen molar-refractivity contribution in [3.63, 3.8) is 0 Å². The van der Waals surface area contributed by atoms with Gasteiger partial charge in [-0.2, -0.15) is 0 Å². The van der Waals surface area contributed by atoms with Gasteiger partial charge in [0.05, 0.1) is 11.3 Å². The van der Waals surface area contributed by atoms with Crippen LogP contribution < -0.4 is 10.0 Å². The first-order valence-corrected chi connectivity index (χ1v) is 7.72. The zero-order chi connectivity index (χ0) is 11.9. The maximum Gasteiger partial charge on any atom is 0.211 e. The molecule has 0 aliphatic heterocycles. The summed E-state index contributed by atoms with van der Waals surface area (Å²) in [4.78, 5) is 5.16. The standard InChI is InChI=1S/C9H17N3O2S2/c1-2-16(13,14)12-5-3-4-10-6-9-7-11-8-15-9/h7-8,10,12H,2-6H2,1H3. The van der Waals surface area contributed by atoms with Crippen molar-refractivity contribution in [2.75, 3.05) is 18.8 Å². The largest absolute Gasteiger partial charge is 0.312 e. The smallest absolute Gasteiger partial charge is 0.211 e. The van der Waals surface area contributed by atoms with Crippen LogP contribution in [0.2, 0.25) is 0 Å². The first-order chi connectivity index (χ1) is 7.64. The molecule has 0 bridgehead atoms. The van der Waals surface area contributed by atoms with E-state index in [4.69, 9.17) is 0 Å². The van der Waals surface area contributed by atoms with Gasteiger partial charge in [-0.05, 0) is 19.9 Å². The fraction of sp³-hybridized carbons (Fsp3) is 0.667. The molecule has 7 heteroatoms. The van der Waals surface area contributed by atoms with E-state index in [2.05, 4.69) is 15.0 Å². The minimum absolute atomic E-state index is 0.140. The quantitative estimate of drug-likeness (QED) is 0.672. The molecule has 0 unspecified atom stereocenters. The lowest BCUT2D eigenvalue weighted by Crippen LogP contribution is -2.28. The predicted molar refractivity (Wildman–Crippen MR) is 65.9 cm³/mol. The molecular weight excluding hydrogens is 246 g/mol. The third-order valence-corrected chi connectivity index (χ3v) is 4.20. The van der Waals surface area contributed by atoms with Crippen LogP contribution in [0.25, 0.3) is 0 Å². The summed E-state index contributed by atoms with van der Waals surface area (Å²) in [6, 6.07) is 0. The van der Waals surface area contributed by atoms with Crippen LogP contribution in [-0.2, 0) is 16.6 Å². The number of nitrogens with zero attached hydrogens (tertiary/aromatic N) is 1. The number of thiazole rings is 1. The molecule has 0 spiro atoms. The van der Waals surface area contributed by atoms with E-state index in [1.807, 2.05) is 6.20 Å². The van der Waals surface area contributed by atoms with E-state index in [0.717, 1.165) is 19.5 Å². The summed E-state index contributed by atoms with van der Waals surface area (Å²) < 4.78 is 24.7. The lowest BCUT2D eigenvalue weighted by atomic mass is 10.4. The molecular formula is C9H17N3O2S2. The van der Waals surface area contributed by atoms with Crippen LogP contribution in [0.1, 0.15) is 18.2 Å². The fourth-order valence-corrected chi connectivity index (χ4v) is 2.31. The summed E-state index contributed by atoms with van der Waals surface area (Å²) in [7, 11) is -3.04. The maximum absolute atomic E-state index is 11.1. The molecule has 0 saturated carbocycles. The van der Waals surface area contributed by atoms with Crippen molar-refractivity contribution < 1.29 is 8.42 Å². The van der Waals surface area contributed by atoms with Crippen LogP contribution in [0.3, 0.4) is 0 Å². The van der Waals surface area contributed by atoms with Crippen LogP contribution in [0.5, 0.6) is 0 Å². The highest BCUT2D eigenvalue weighted by atomic mass is 32.2. The van der Waals surface area contributed by atoms with Crippen molar-refractivity contribution in [2.24, 2.45) is 0 Å². The molecule has 92 valence electrons. The van der Waals surface area contributed by atoms with E-state index >= 15 is 0 Å². The van der Waals surface area contributed by atoms with Crippen molar-refractivity contribution in [1.29, 1.82) is 0 Å². The van der Waals surface area contributed by atoms with Crippen molar-refractivity contribution in [3.8, 4) is 0 Å². The van der Waals surface area contributed by atoms with Crippen LogP contribution in [0, 0.1) is 0 Å². The number of hydrogen-bond acceptors (Lipinski definition) is 5. The van der Waals surface area contributed by atoms with Gasteiger partial charge in [-0.1, -0.05) is 0 Å². The van der Waals surface area contributed by atoms with E-state index < -0.39 is 10.0 Å². The SMILES string of the molecule is CCS(=O)(=O)NCCCNCc1cncs1. The second-order valence-electron chi connectivity index (χ2n) is 3.30. The molecule has 0 radical (unpaired) electrons. The summed E-state index contributed by atoms with van der Waals surface area (Å²) in [5.74, 6) is 0.140. The first kappa shape index (κ1) is 13.6. The van der Waals surface area contributed by atoms with E-state index in [-0.39, 0.29) is 5.75 Å². The highest BCUT2D eigenvalue weighted by Crippen LogP contribution is 2.03. The summed E-state index contributed by atoms with van der Waals surface area (Å²) in [6.45, 7) is 3.71. The topological polar surface area (TPSA) is 71.1 Å². The molecule has 0 aliphatic rings. The Hall–Kier alpha value is -0.500. The highest BCUT2D eigenvalue weighted by Gasteiger charge is 2.03. The number of rotatable bonds is 8. The zero-order valence-corrected chi connectivity index (χ0v) is 10.9. The first-order valence-electron chi connectivity index (χ1n) is 5.19. The Bertz CT molecular complexity index is 375. The Morgan fingerprint density at radius 3 is 2.88 bits per heavy atom. The average molecular weight is 263 g/mol. The number of nitrogens with one attached hydrogen (secondary N) is 2. The molecule has 1 rings (SSSR count). The van der Waals surface area contributed by atoms with Crippen LogP contribution in [-0.4, -0.2) is 32.2 Å². The molecule has 0 aliphatic carbocycles. The second-order valence-corrected chi connectivity index (χ2v) is 6.36. The third kappa shape index (κ3) is 5.55. The molecule has 16 heavy (non-hydrogen) atoms. The Balaban J connectivity index is 2.01. The molecule has 5 nitrogen and oxygen atoms in total. The van der Waals surface area contributed by atoms with Gasteiger partial charge in [0, 0.05) is 24.2 Å². The van der Waals surface area contributed by atoms with Crippen LogP contribution in [0.15, 0.2) is 11.7 Å². The lowest BCUT2D eigenvalue weighted by Gasteiger charge is -2.04. The molecule has 0 fully saturated rings. The lowest BCUT2D eigenvalue weighted by molar-refractivity contribution is 0.575. The normalized spacial score (nSPS) is 11.8. The molecule has 0 aromatic carbocycles. The van der Waals surface area contributed by atoms with Crippen molar-refractivity contribution >= 4 is 21.4 Å². The van der Waals surface area contributed by atoms with E-state index in [1.54, 1.807) is 23.8 Å². The van der Waals surface area contributed by atoms with Crippen molar-refractivity contribution in [3.05, 3.63) is 16.6 Å². The Kier molecular flexibility index (Phi) is 5.89. The van der Waals surface area contributed by atoms with Gasteiger partial charge in [-0.25, -0.2) is 13.1 Å². The maximum atomic E-state index is 11.1. The van der Waals surface area contributed by atoms with Gasteiger partial charge in [0.1, 0.15) is 0 Å². The molecule has 1 aromatic heterocycles. The Morgan fingerprint density at radius 1 is 1.44 bits per heavy atom. The average Bonchev–Trinajstić information content (AvgIpc) is 2.76. The summed E-state index contributed by atoms with van der Waals surface area (Å²) >= 11 is 1.61. The van der Waals surface area contributed by atoms with Gasteiger partial charge < -0.3 is 5.32 Å². The van der Waals surface area contributed by atoms with Gasteiger partial charge in [-0.3, -0.25) is 4.98 Å². The predicted octanol–water partition coefficient (Wildman–Crippen LogP) is 0.562. The molecule has 0 amide bonds. The van der Waals surface area contributed by atoms with Crippen molar-refractivity contribution in [1.82, 2.24) is 15.0 Å². The molecule has 1 aromatic rings. The van der Waals surface area contributed by atoms with E-state index in [1.165, 1.54) is 4.88 Å². The van der Waals surface area contributed by atoms with Crippen LogP contribution in [0.4, 0.5) is 0 Å². The van der Waals surface area contributed by atoms with Gasteiger partial charge in [0.2, 0.25) is 10.0 Å². The minimum atomic E-state index is -3.04. The van der Waals surface area contributed by atoms with Gasteiger partial charge in [-0.15, -0.1) is 11.3 Å². The fourth-order valence-electron chi connectivity index (χ4n) is 1.08. The summed E-state index contributed by atoms with van der Waals surface area (Å²) in [5, 5.41) is 3.23. The minimum Gasteiger partial charge on any atom is -0.312 e. The third-order valence-electron chi connectivity index (χ3n) is 2.02. The van der Waals surface area contributed by atoms with Gasteiger partial charge in [0.25, 0.3) is 0 Å². The van der Waals surface area contributed by atoms with E-state index in [9.17, 15) is 8.42 Å². The highest BCUT2D eigenvalue weighted by molar-refractivity contribution is 7.89. The summed E-state index contributed by atoms with van der Waals surface area (Å²) in [6.07, 6.45) is 2.62. The van der Waals surface area contributed by atoms with Crippen molar-refractivity contribution in [2.45, 2.75) is 19.9 Å². The number of aromatic nitrogens is 1. The molecule has 0 saturated heterocycles. The Labute approximate surface area is 100 Å². The molecule has 2 N–H and O–H groups in total. The monoisotopic (exact) mass is 263 g/mol. The Morgan fingerprint density at radius 2 is 2.25 bits per heavy atom. The second kappa shape index (κ2) is 6.95. The zero-order valence-electron chi connectivity index (χ0n) is 9.27.